The van der Waals surface area contributed by atoms with E-state index in [-0.39, 0.29) is 0 Å². The second kappa shape index (κ2) is 9.16. The highest BCUT2D eigenvalue weighted by Gasteiger charge is 2.09. The molecule has 0 aliphatic rings. The molecule has 0 aliphatic carbocycles. The van der Waals surface area contributed by atoms with E-state index in [4.69, 9.17) is 4.74 Å². The standard InChI is InChI=1S/C23H22N2OS/c1-3-4-5-17-6-8-18(9-7-17)14-20(15-24)23-25-22(16-27-23)19-10-12-21(26-2)13-11-19/h6-14,16H,3-5H2,1-2H3/b20-14+. The van der Waals surface area contributed by atoms with Crippen molar-refractivity contribution in [3.63, 3.8) is 0 Å². The van der Waals surface area contributed by atoms with E-state index in [0.29, 0.717) is 5.57 Å². The van der Waals surface area contributed by atoms with Crippen LogP contribution < -0.4 is 4.74 Å². The van der Waals surface area contributed by atoms with E-state index in [1.165, 1.54) is 29.7 Å². The second-order valence-electron chi connectivity index (χ2n) is 6.28. The van der Waals surface area contributed by atoms with Crippen molar-refractivity contribution in [1.29, 1.82) is 5.26 Å². The lowest BCUT2D eigenvalue weighted by atomic mass is 10.1. The molecular formula is C23H22N2OS. The molecule has 2 aromatic carbocycles. The second-order valence-corrected chi connectivity index (χ2v) is 7.14. The van der Waals surface area contributed by atoms with Gasteiger partial charge in [-0.25, -0.2) is 4.98 Å². The van der Waals surface area contributed by atoms with Crippen molar-refractivity contribution in [2.24, 2.45) is 0 Å². The van der Waals surface area contributed by atoms with Gasteiger partial charge < -0.3 is 4.74 Å². The van der Waals surface area contributed by atoms with Gasteiger partial charge in [-0.2, -0.15) is 5.26 Å². The molecule has 3 aromatic rings. The van der Waals surface area contributed by atoms with Gasteiger partial charge in [0, 0.05) is 10.9 Å². The Labute approximate surface area is 164 Å². The summed E-state index contributed by atoms with van der Waals surface area (Å²) in [6.07, 6.45) is 5.40. The SMILES string of the molecule is CCCCc1ccc(/C=C(\C#N)c2nc(-c3ccc(OC)cc3)cs2)cc1. The molecule has 1 aromatic heterocycles. The van der Waals surface area contributed by atoms with Gasteiger partial charge in [-0.05, 0) is 54.3 Å². The molecule has 27 heavy (non-hydrogen) atoms. The predicted octanol–water partition coefficient (Wildman–Crippen LogP) is 6.23. The highest BCUT2D eigenvalue weighted by atomic mass is 32.1. The Bertz CT molecular complexity index is 947. The Kier molecular flexibility index (Phi) is 6.40. The van der Waals surface area contributed by atoms with Crippen LogP contribution in [0.25, 0.3) is 22.9 Å². The number of aryl methyl sites for hydroxylation is 1. The molecule has 0 aliphatic heterocycles. The Morgan fingerprint density at radius 3 is 2.52 bits per heavy atom. The molecule has 0 spiro atoms. The van der Waals surface area contributed by atoms with E-state index in [9.17, 15) is 5.26 Å². The minimum atomic E-state index is 0.584. The molecule has 0 N–H and O–H groups in total. The first-order valence-corrected chi connectivity index (χ1v) is 9.92. The van der Waals surface area contributed by atoms with E-state index >= 15 is 0 Å². The van der Waals surface area contributed by atoms with Crippen LogP contribution in [0.1, 0.15) is 35.9 Å². The van der Waals surface area contributed by atoms with Gasteiger partial charge in [0.2, 0.25) is 0 Å². The number of methoxy groups -OCH3 is 1. The third kappa shape index (κ3) is 4.84. The molecule has 0 saturated carbocycles. The fourth-order valence-electron chi connectivity index (χ4n) is 2.76. The normalized spacial score (nSPS) is 11.2. The Morgan fingerprint density at radius 2 is 1.89 bits per heavy atom. The summed E-state index contributed by atoms with van der Waals surface area (Å²) >= 11 is 1.49. The maximum atomic E-state index is 9.59. The summed E-state index contributed by atoms with van der Waals surface area (Å²) in [5.41, 5.74) is 4.82. The maximum absolute atomic E-state index is 9.59. The molecule has 3 nitrogen and oxygen atoms in total. The van der Waals surface area contributed by atoms with Gasteiger partial charge in [0.25, 0.3) is 0 Å². The van der Waals surface area contributed by atoms with Gasteiger partial charge in [0.1, 0.15) is 16.8 Å². The van der Waals surface area contributed by atoms with Crippen LogP contribution in [-0.4, -0.2) is 12.1 Å². The number of hydrogen-bond acceptors (Lipinski definition) is 4. The minimum absolute atomic E-state index is 0.584. The molecule has 0 saturated heterocycles. The van der Waals surface area contributed by atoms with Crippen molar-refractivity contribution in [3.05, 3.63) is 70.0 Å². The van der Waals surface area contributed by atoms with Crippen LogP contribution >= 0.6 is 11.3 Å². The number of rotatable bonds is 7. The van der Waals surface area contributed by atoms with Crippen molar-refractivity contribution in [3.8, 4) is 23.1 Å². The molecule has 136 valence electrons. The zero-order valence-corrected chi connectivity index (χ0v) is 16.4. The van der Waals surface area contributed by atoms with E-state index in [1.54, 1.807) is 7.11 Å². The van der Waals surface area contributed by atoms with Crippen LogP contribution in [0.3, 0.4) is 0 Å². The number of hydrogen-bond donors (Lipinski definition) is 0. The Balaban J connectivity index is 1.80. The maximum Gasteiger partial charge on any atom is 0.134 e. The van der Waals surface area contributed by atoms with E-state index in [2.05, 4.69) is 42.2 Å². The van der Waals surface area contributed by atoms with Crippen LogP contribution in [0.2, 0.25) is 0 Å². The summed E-state index contributed by atoms with van der Waals surface area (Å²) in [7, 11) is 1.65. The van der Waals surface area contributed by atoms with E-state index in [0.717, 1.165) is 34.0 Å². The van der Waals surface area contributed by atoms with E-state index in [1.807, 2.05) is 35.7 Å². The zero-order chi connectivity index (χ0) is 19.1. The molecule has 1 heterocycles. The van der Waals surface area contributed by atoms with Crippen molar-refractivity contribution in [2.75, 3.05) is 7.11 Å². The largest absolute Gasteiger partial charge is 0.497 e. The fraction of sp³-hybridized carbons (Fsp3) is 0.217. The van der Waals surface area contributed by atoms with Crippen LogP contribution in [0.5, 0.6) is 5.75 Å². The van der Waals surface area contributed by atoms with Crippen LogP contribution in [0.4, 0.5) is 0 Å². The number of allylic oxidation sites excluding steroid dienone is 1. The van der Waals surface area contributed by atoms with E-state index < -0.39 is 0 Å². The number of nitriles is 1. The number of unbranched alkanes of at least 4 members (excludes halogenated alkanes) is 1. The highest BCUT2D eigenvalue weighted by molar-refractivity contribution is 7.11. The molecule has 0 radical (unpaired) electrons. The quantitative estimate of drug-likeness (QED) is 0.461. The van der Waals surface area contributed by atoms with Gasteiger partial charge in [-0.15, -0.1) is 11.3 Å². The third-order valence-corrected chi connectivity index (χ3v) is 5.23. The number of thiazole rings is 1. The monoisotopic (exact) mass is 374 g/mol. The molecule has 4 heteroatoms. The topological polar surface area (TPSA) is 45.9 Å². The van der Waals surface area contributed by atoms with Gasteiger partial charge >= 0.3 is 0 Å². The third-order valence-electron chi connectivity index (χ3n) is 4.35. The lowest BCUT2D eigenvalue weighted by Gasteiger charge is -2.01. The number of benzene rings is 2. The van der Waals surface area contributed by atoms with Gasteiger partial charge in [-0.1, -0.05) is 37.6 Å². The number of ether oxygens (including phenoxy) is 1. The van der Waals surface area contributed by atoms with Gasteiger partial charge in [-0.3, -0.25) is 0 Å². The molecule has 3 rings (SSSR count). The summed E-state index contributed by atoms with van der Waals surface area (Å²) in [5, 5.41) is 12.3. The molecule has 0 atom stereocenters. The van der Waals surface area contributed by atoms with Crippen LogP contribution in [0, 0.1) is 11.3 Å². The van der Waals surface area contributed by atoms with Crippen molar-refractivity contribution in [2.45, 2.75) is 26.2 Å². The number of nitrogens with zero attached hydrogens (tertiary/aromatic N) is 2. The molecule has 0 bridgehead atoms. The first-order valence-electron chi connectivity index (χ1n) is 9.04. The summed E-state index contributed by atoms with van der Waals surface area (Å²) in [6.45, 7) is 2.20. The van der Waals surface area contributed by atoms with Gasteiger partial charge in [0.05, 0.1) is 18.4 Å². The lowest BCUT2D eigenvalue weighted by molar-refractivity contribution is 0.415. The van der Waals surface area contributed by atoms with Crippen LogP contribution in [0.15, 0.2) is 53.9 Å². The molecule has 0 fully saturated rings. The summed E-state index contributed by atoms with van der Waals surface area (Å²) in [4.78, 5) is 4.65. The summed E-state index contributed by atoms with van der Waals surface area (Å²) in [5.74, 6) is 0.814. The number of aromatic nitrogens is 1. The molecular weight excluding hydrogens is 352 g/mol. The van der Waals surface area contributed by atoms with Crippen molar-refractivity contribution in [1.82, 2.24) is 4.98 Å². The minimum Gasteiger partial charge on any atom is -0.497 e. The average molecular weight is 375 g/mol. The Morgan fingerprint density at radius 1 is 1.15 bits per heavy atom. The summed E-state index contributed by atoms with van der Waals surface area (Å²) in [6, 6.07) is 18.5. The van der Waals surface area contributed by atoms with Crippen LogP contribution in [-0.2, 0) is 6.42 Å². The predicted molar refractivity (Wildman–Crippen MR) is 113 cm³/mol. The first kappa shape index (κ1) is 18.9. The van der Waals surface area contributed by atoms with Gasteiger partial charge in [0.15, 0.2) is 0 Å². The molecule has 0 amide bonds. The fourth-order valence-corrected chi connectivity index (χ4v) is 3.56. The lowest BCUT2D eigenvalue weighted by Crippen LogP contribution is -1.86. The Hall–Kier alpha value is -2.90. The molecule has 0 unspecified atom stereocenters. The van der Waals surface area contributed by atoms with Crippen molar-refractivity contribution >= 4 is 23.0 Å². The van der Waals surface area contributed by atoms with Crippen molar-refractivity contribution < 1.29 is 4.74 Å². The smallest absolute Gasteiger partial charge is 0.134 e. The summed E-state index contributed by atoms with van der Waals surface area (Å²) < 4.78 is 5.19. The highest BCUT2D eigenvalue weighted by Crippen LogP contribution is 2.28. The zero-order valence-electron chi connectivity index (χ0n) is 15.6. The first-order chi connectivity index (χ1) is 13.2. The average Bonchev–Trinajstić information content (AvgIpc) is 3.21.